The Labute approximate surface area is 150 Å². The third-order valence-electron chi connectivity index (χ3n) is 5.24. The number of anilines is 1. The number of para-hydroxylation sites is 1. The molecule has 0 aromatic heterocycles. The van der Waals surface area contributed by atoms with Crippen LogP contribution in [-0.4, -0.2) is 49.4 Å². The molecule has 5 heteroatoms. The topological polar surface area (TPSA) is 52.7 Å². The van der Waals surface area contributed by atoms with Crippen molar-refractivity contribution in [2.75, 3.05) is 37.6 Å². The molecule has 2 unspecified atom stereocenters. The standard InChI is InChI=1S/C20H29N3O2/c1-2-3-7-10-21-19(24)17-15-18(17)20(25)23-13-11-22(12-14-23)16-8-5-4-6-9-16/h4-6,8-9,17-18H,2-3,7,10-15H2,1H3,(H,21,24). The van der Waals surface area contributed by atoms with Crippen molar-refractivity contribution in [1.82, 2.24) is 10.2 Å². The number of hydrogen-bond donors (Lipinski definition) is 1. The molecule has 5 nitrogen and oxygen atoms in total. The number of carbonyl (C=O) groups is 2. The number of amides is 2. The molecule has 25 heavy (non-hydrogen) atoms. The zero-order chi connectivity index (χ0) is 17.6. The second-order valence-corrected chi connectivity index (χ2v) is 7.09. The summed E-state index contributed by atoms with van der Waals surface area (Å²) in [6, 6.07) is 10.3. The highest BCUT2D eigenvalue weighted by molar-refractivity contribution is 5.92. The van der Waals surface area contributed by atoms with Crippen LogP contribution in [0.5, 0.6) is 0 Å². The summed E-state index contributed by atoms with van der Waals surface area (Å²) in [5.41, 5.74) is 1.21. The van der Waals surface area contributed by atoms with Gasteiger partial charge in [-0.25, -0.2) is 0 Å². The van der Waals surface area contributed by atoms with E-state index in [1.54, 1.807) is 0 Å². The molecule has 1 heterocycles. The Hall–Kier alpha value is -2.04. The lowest BCUT2D eigenvalue weighted by molar-refractivity contribution is -0.135. The highest BCUT2D eigenvalue weighted by atomic mass is 16.2. The van der Waals surface area contributed by atoms with E-state index in [0.29, 0.717) is 0 Å². The number of piperazine rings is 1. The fraction of sp³-hybridized carbons (Fsp3) is 0.600. The highest BCUT2D eigenvalue weighted by Crippen LogP contribution is 2.40. The Morgan fingerprint density at radius 3 is 2.44 bits per heavy atom. The van der Waals surface area contributed by atoms with Crippen LogP contribution < -0.4 is 10.2 Å². The minimum Gasteiger partial charge on any atom is -0.368 e. The quantitative estimate of drug-likeness (QED) is 0.773. The van der Waals surface area contributed by atoms with Gasteiger partial charge in [0.25, 0.3) is 0 Å². The Bertz CT molecular complexity index is 582. The first kappa shape index (κ1) is 17.8. The third-order valence-corrected chi connectivity index (χ3v) is 5.24. The molecule has 2 aliphatic rings. The van der Waals surface area contributed by atoms with Crippen LogP contribution in [0.2, 0.25) is 0 Å². The van der Waals surface area contributed by atoms with E-state index in [1.807, 2.05) is 23.1 Å². The molecule has 136 valence electrons. The van der Waals surface area contributed by atoms with Crippen LogP contribution in [0, 0.1) is 11.8 Å². The first-order chi connectivity index (χ1) is 12.2. The maximum Gasteiger partial charge on any atom is 0.226 e. The molecule has 1 N–H and O–H groups in total. The highest BCUT2D eigenvalue weighted by Gasteiger charge is 2.49. The summed E-state index contributed by atoms with van der Waals surface area (Å²) in [5.74, 6) is 0.0505. The Morgan fingerprint density at radius 1 is 1.04 bits per heavy atom. The molecule has 1 saturated heterocycles. The predicted molar refractivity (Wildman–Crippen MR) is 99.4 cm³/mol. The average molecular weight is 343 g/mol. The van der Waals surface area contributed by atoms with Crippen molar-refractivity contribution in [2.24, 2.45) is 11.8 Å². The van der Waals surface area contributed by atoms with Gasteiger partial charge in [0.1, 0.15) is 0 Å². The molecule has 0 radical (unpaired) electrons. The van der Waals surface area contributed by atoms with Gasteiger partial charge in [0.2, 0.25) is 11.8 Å². The predicted octanol–water partition coefficient (Wildman–Crippen LogP) is 2.28. The SMILES string of the molecule is CCCCCNC(=O)C1CC1C(=O)N1CCN(c2ccccc2)CC1. The van der Waals surface area contributed by atoms with E-state index in [9.17, 15) is 9.59 Å². The first-order valence-corrected chi connectivity index (χ1v) is 9.57. The Morgan fingerprint density at radius 2 is 1.76 bits per heavy atom. The van der Waals surface area contributed by atoms with E-state index in [0.717, 1.165) is 58.4 Å². The van der Waals surface area contributed by atoms with Crippen LogP contribution in [0.4, 0.5) is 5.69 Å². The largest absolute Gasteiger partial charge is 0.368 e. The fourth-order valence-corrected chi connectivity index (χ4v) is 3.53. The van der Waals surface area contributed by atoms with Crippen LogP contribution in [-0.2, 0) is 9.59 Å². The molecule has 2 fully saturated rings. The van der Waals surface area contributed by atoms with Gasteiger partial charge in [-0.05, 0) is 25.0 Å². The van der Waals surface area contributed by atoms with Gasteiger partial charge in [-0.3, -0.25) is 9.59 Å². The van der Waals surface area contributed by atoms with Crippen molar-refractivity contribution >= 4 is 17.5 Å². The monoisotopic (exact) mass is 343 g/mol. The number of rotatable bonds is 7. The van der Waals surface area contributed by atoms with Gasteiger partial charge in [0, 0.05) is 38.4 Å². The first-order valence-electron chi connectivity index (χ1n) is 9.57. The van der Waals surface area contributed by atoms with Crippen molar-refractivity contribution in [3.8, 4) is 0 Å². The molecular formula is C20H29N3O2. The van der Waals surface area contributed by atoms with E-state index < -0.39 is 0 Å². The van der Waals surface area contributed by atoms with Crippen molar-refractivity contribution in [2.45, 2.75) is 32.6 Å². The van der Waals surface area contributed by atoms with Gasteiger partial charge in [-0.2, -0.15) is 0 Å². The van der Waals surface area contributed by atoms with Gasteiger partial charge in [-0.15, -0.1) is 0 Å². The summed E-state index contributed by atoms with van der Waals surface area (Å²) in [6.45, 7) is 6.09. The van der Waals surface area contributed by atoms with E-state index in [4.69, 9.17) is 0 Å². The van der Waals surface area contributed by atoms with Crippen LogP contribution in [0.3, 0.4) is 0 Å². The van der Waals surface area contributed by atoms with Crippen LogP contribution >= 0.6 is 0 Å². The molecule has 1 aromatic carbocycles. The van der Waals surface area contributed by atoms with Crippen molar-refractivity contribution in [3.05, 3.63) is 30.3 Å². The average Bonchev–Trinajstić information content (AvgIpc) is 3.46. The van der Waals surface area contributed by atoms with Gasteiger partial charge in [0.15, 0.2) is 0 Å². The molecule has 1 aliphatic carbocycles. The second-order valence-electron chi connectivity index (χ2n) is 7.09. The number of nitrogens with zero attached hydrogens (tertiary/aromatic N) is 2. The summed E-state index contributed by atoms with van der Waals surface area (Å²) in [5, 5.41) is 2.98. The van der Waals surface area contributed by atoms with Crippen molar-refractivity contribution in [3.63, 3.8) is 0 Å². The minimum absolute atomic E-state index is 0.0670. The summed E-state index contributed by atoms with van der Waals surface area (Å²) in [7, 11) is 0. The normalized spacial score (nSPS) is 22.6. The van der Waals surface area contributed by atoms with Gasteiger partial charge in [0.05, 0.1) is 11.8 Å². The van der Waals surface area contributed by atoms with Crippen LogP contribution in [0.25, 0.3) is 0 Å². The van der Waals surface area contributed by atoms with Gasteiger partial charge >= 0.3 is 0 Å². The summed E-state index contributed by atoms with van der Waals surface area (Å²) < 4.78 is 0. The smallest absolute Gasteiger partial charge is 0.226 e. The number of hydrogen-bond acceptors (Lipinski definition) is 3. The lowest BCUT2D eigenvalue weighted by atomic mass is 10.2. The number of benzene rings is 1. The minimum atomic E-state index is -0.0960. The Kier molecular flexibility index (Phi) is 5.95. The third kappa shape index (κ3) is 4.53. The molecule has 1 aromatic rings. The number of nitrogens with one attached hydrogen (secondary N) is 1. The number of carbonyl (C=O) groups excluding carboxylic acids is 2. The maximum absolute atomic E-state index is 12.6. The lowest BCUT2D eigenvalue weighted by Gasteiger charge is -2.36. The maximum atomic E-state index is 12.6. The Balaban J connectivity index is 1.41. The van der Waals surface area contributed by atoms with Gasteiger partial charge < -0.3 is 15.1 Å². The van der Waals surface area contributed by atoms with E-state index in [-0.39, 0.29) is 23.7 Å². The molecule has 2 amide bonds. The molecule has 1 saturated carbocycles. The molecule has 0 spiro atoms. The molecule has 0 bridgehead atoms. The summed E-state index contributed by atoms with van der Waals surface area (Å²) in [4.78, 5) is 29.0. The van der Waals surface area contributed by atoms with E-state index >= 15 is 0 Å². The molecule has 2 atom stereocenters. The second kappa shape index (κ2) is 8.37. The van der Waals surface area contributed by atoms with Gasteiger partial charge in [-0.1, -0.05) is 38.0 Å². The van der Waals surface area contributed by atoms with Crippen molar-refractivity contribution in [1.29, 1.82) is 0 Å². The lowest BCUT2D eigenvalue weighted by Crippen LogP contribution is -2.49. The van der Waals surface area contributed by atoms with Crippen molar-refractivity contribution < 1.29 is 9.59 Å². The van der Waals surface area contributed by atoms with E-state index in [2.05, 4.69) is 29.3 Å². The molecule has 1 aliphatic heterocycles. The van der Waals surface area contributed by atoms with Crippen LogP contribution in [0.1, 0.15) is 32.6 Å². The van der Waals surface area contributed by atoms with E-state index in [1.165, 1.54) is 5.69 Å². The molecule has 3 rings (SSSR count). The number of unbranched alkanes of at least 4 members (excludes halogenated alkanes) is 2. The summed E-state index contributed by atoms with van der Waals surface area (Å²) >= 11 is 0. The molecular weight excluding hydrogens is 314 g/mol. The summed E-state index contributed by atoms with van der Waals surface area (Å²) in [6.07, 6.45) is 4.03. The zero-order valence-corrected chi connectivity index (χ0v) is 15.1. The fourth-order valence-electron chi connectivity index (χ4n) is 3.53. The van der Waals surface area contributed by atoms with Crippen LogP contribution in [0.15, 0.2) is 30.3 Å². The zero-order valence-electron chi connectivity index (χ0n) is 15.1.